The summed E-state index contributed by atoms with van der Waals surface area (Å²) in [4.78, 5) is 11.1. The first-order valence-corrected chi connectivity index (χ1v) is 7.27. The highest BCUT2D eigenvalue weighted by Gasteiger charge is 2.24. The number of aromatic nitrogens is 4. The molecule has 0 saturated heterocycles. The fourth-order valence-electron chi connectivity index (χ4n) is 2.64. The summed E-state index contributed by atoms with van der Waals surface area (Å²) in [5.41, 5.74) is 0.880. The number of carboxylic acids is 1. The summed E-state index contributed by atoms with van der Waals surface area (Å²) in [5.74, 6) is 0.206. The highest BCUT2D eigenvalue weighted by molar-refractivity contribution is 9.10. The predicted octanol–water partition coefficient (Wildman–Crippen LogP) is 2.78. The van der Waals surface area contributed by atoms with Gasteiger partial charge in [0.25, 0.3) is 0 Å². The zero-order valence-corrected chi connectivity index (χ0v) is 12.2. The molecule has 0 aliphatic heterocycles. The largest absolute Gasteiger partial charge is 0.478 e. The van der Waals surface area contributed by atoms with Gasteiger partial charge >= 0.3 is 5.97 Å². The van der Waals surface area contributed by atoms with Gasteiger partial charge in [0.15, 0.2) is 5.82 Å². The maximum atomic E-state index is 11.1. The Hall–Kier alpha value is -1.76. The molecule has 0 radical (unpaired) electrons. The molecule has 0 unspecified atom stereocenters. The molecule has 1 fully saturated rings. The number of benzene rings is 1. The van der Waals surface area contributed by atoms with E-state index in [9.17, 15) is 4.79 Å². The molecule has 6 nitrogen and oxygen atoms in total. The Morgan fingerprint density at radius 3 is 2.75 bits per heavy atom. The predicted molar refractivity (Wildman–Crippen MR) is 75.0 cm³/mol. The van der Waals surface area contributed by atoms with E-state index in [4.69, 9.17) is 5.11 Å². The Morgan fingerprint density at radius 2 is 2.05 bits per heavy atom. The van der Waals surface area contributed by atoms with E-state index >= 15 is 0 Å². The highest BCUT2D eigenvalue weighted by Crippen LogP contribution is 2.33. The van der Waals surface area contributed by atoms with Crippen LogP contribution in [0.4, 0.5) is 0 Å². The molecule has 104 valence electrons. The lowest BCUT2D eigenvalue weighted by molar-refractivity contribution is 0.0696. The van der Waals surface area contributed by atoms with Crippen molar-refractivity contribution in [3.8, 4) is 5.69 Å². The summed E-state index contributed by atoms with van der Waals surface area (Å²) in [6, 6.07) is 4.97. The second kappa shape index (κ2) is 5.32. The van der Waals surface area contributed by atoms with Crippen molar-refractivity contribution in [2.45, 2.75) is 31.6 Å². The van der Waals surface area contributed by atoms with Crippen LogP contribution in [0.15, 0.2) is 22.7 Å². The van der Waals surface area contributed by atoms with E-state index in [0.717, 1.165) is 18.7 Å². The van der Waals surface area contributed by atoms with Gasteiger partial charge in [-0.3, -0.25) is 0 Å². The fourth-order valence-corrected chi connectivity index (χ4v) is 3.12. The molecule has 1 aromatic heterocycles. The van der Waals surface area contributed by atoms with Crippen LogP contribution in [0.25, 0.3) is 5.69 Å². The number of hydrogen-bond donors (Lipinski definition) is 1. The van der Waals surface area contributed by atoms with E-state index in [0.29, 0.717) is 16.1 Å². The van der Waals surface area contributed by atoms with Gasteiger partial charge in [-0.25, -0.2) is 4.79 Å². The number of tetrazole rings is 1. The molecule has 0 amide bonds. The molecule has 0 atom stereocenters. The minimum Gasteiger partial charge on any atom is -0.478 e. The van der Waals surface area contributed by atoms with Crippen LogP contribution in [0, 0.1) is 0 Å². The number of rotatable bonds is 3. The second-order valence-electron chi connectivity index (χ2n) is 4.93. The number of nitrogens with zero attached hydrogens (tertiary/aromatic N) is 4. The van der Waals surface area contributed by atoms with Gasteiger partial charge in [0.1, 0.15) is 0 Å². The molecule has 1 heterocycles. The Morgan fingerprint density at radius 1 is 1.30 bits per heavy atom. The Bertz CT molecular complexity index is 650. The average molecular weight is 337 g/mol. The Kier molecular flexibility index (Phi) is 3.52. The van der Waals surface area contributed by atoms with Crippen LogP contribution in [0.5, 0.6) is 0 Å². The number of halogens is 1. The van der Waals surface area contributed by atoms with E-state index < -0.39 is 5.97 Å². The first-order valence-electron chi connectivity index (χ1n) is 6.47. The van der Waals surface area contributed by atoms with Crippen LogP contribution in [0.2, 0.25) is 0 Å². The van der Waals surface area contributed by atoms with Gasteiger partial charge in [-0.1, -0.05) is 28.8 Å². The third-order valence-corrected chi connectivity index (χ3v) is 4.05. The molecule has 1 aliphatic rings. The zero-order chi connectivity index (χ0) is 14.1. The molecule has 20 heavy (non-hydrogen) atoms. The monoisotopic (exact) mass is 336 g/mol. The second-order valence-corrected chi connectivity index (χ2v) is 5.85. The average Bonchev–Trinajstić information content (AvgIpc) is 3.08. The van der Waals surface area contributed by atoms with Gasteiger partial charge < -0.3 is 5.11 Å². The normalized spacial score (nSPS) is 15.7. The van der Waals surface area contributed by atoms with Crippen molar-refractivity contribution in [3.05, 3.63) is 34.1 Å². The van der Waals surface area contributed by atoms with Crippen molar-refractivity contribution in [2.75, 3.05) is 0 Å². The number of hydrogen-bond acceptors (Lipinski definition) is 4. The quantitative estimate of drug-likeness (QED) is 0.931. The Balaban J connectivity index is 2.05. The van der Waals surface area contributed by atoms with E-state index in [1.165, 1.54) is 12.8 Å². The third-order valence-electron chi connectivity index (χ3n) is 3.59. The first kappa shape index (κ1) is 13.2. The van der Waals surface area contributed by atoms with Gasteiger partial charge in [-0.15, -0.1) is 5.10 Å². The summed E-state index contributed by atoms with van der Waals surface area (Å²) in [6.07, 6.45) is 4.55. The molecule has 1 N–H and O–H groups in total. The standard InChI is InChI=1S/C13H13BrN4O2/c14-10-5-9(13(19)20)6-11(7-10)18-12(15-16-17-18)8-3-1-2-4-8/h5-8H,1-4H2,(H,19,20). The van der Waals surface area contributed by atoms with Gasteiger partial charge in [0.2, 0.25) is 0 Å². The van der Waals surface area contributed by atoms with Gasteiger partial charge in [0.05, 0.1) is 11.3 Å². The first-order chi connectivity index (χ1) is 9.65. The SMILES string of the molecule is O=C(O)c1cc(Br)cc(-n2nnnc2C2CCCC2)c1. The van der Waals surface area contributed by atoms with Crippen LogP contribution in [0.3, 0.4) is 0 Å². The van der Waals surface area contributed by atoms with E-state index in [1.807, 2.05) is 6.07 Å². The molecule has 3 rings (SSSR count). The van der Waals surface area contributed by atoms with Crippen molar-refractivity contribution in [1.82, 2.24) is 20.2 Å². The molecule has 7 heteroatoms. The summed E-state index contributed by atoms with van der Waals surface area (Å²) in [6.45, 7) is 0. The summed E-state index contributed by atoms with van der Waals surface area (Å²) in [7, 11) is 0. The highest BCUT2D eigenvalue weighted by atomic mass is 79.9. The molecule has 2 aromatic rings. The van der Waals surface area contributed by atoms with Crippen molar-refractivity contribution in [3.63, 3.8) is 0 Å². The van der Waals surface area contributed by atoms with Crippen LogP contribution in [-0.4, -0.2) is 31.3 Å². The van der Waals surface area contributed by atoms with E-state index in [1.54, 1.807) is 16.8 Å². The van der Waals surface area contributed by atoms with E-state index in [2.05, 4.69) is 31.5 Å². The molecule has 0 bridgehead atoms. The lowest BCUT2D eigenvalue weighted by atomic mass is 10.1. The Labute approximate surface area is 123 Å². The summed E-state index contributed by atoms with van der Waals surface area (Å²) < 4.78 is 2.34. The van der Waals surface area contributed by atoms with Crippen LogP contribution < -0.4 is 0 Å². The molecular formula is C13H13BrN4O2. The van der Waals surface area contributed by atoms with Gasteiger partial charge in [-0.2, -0.15) is 4.68 Å². The van der Waals surface area contributed by atoms with Crippen LogP contribution in [-0.2, 0) is 0 Å². The van der Waals surface area contributed by atoms with Crippen molar-refractivity contribution < 1.29 is 9.90 Å². The lowest BCUT2D eigenvalue weighted by Gasteiger charge is -2.10. The minimum absolute atomic E-state index is 0.210. The maximum absolute atomic E-state index is 11.1. The van der Waals surface area contributed by atoms with Crippen molar-refractivity contribution in [1.29, 1.82) is 0 Å². The van der Waals surface area contributed by atoms with Crippen molar-refractivity contribution in [2.24, 2.45) is 0 Å². The maximum Gasteiger partial charge on any atom is 0.335 e. The topological polar surface area (TPSA) is 80.9 Å². The molecule has 1 aliphatic carbocycles. The van der Waals surface area contributed by atoms with Gasteiger partial charge in [-0.05, 0) is 41.5 Å². The number of aromatic carboxylic acids is 1. The van der Waals surface area contributed by atoms with Crippen LogP contribution >= 0.6 is 15.9 Å². The van der Waals surface area contributed by atoms with Gasteiger partial charge in [0, 0.05) is 10.4 Å². The minimum atomic E-state index is -0.969. The summed E-state index contributed by atoms with van der Waals surface area (Å²) >= 11 is 3.33. The zero-order valence-electron chi connectivity index (χ0n) is 10.7. The molecule has 1 saturated carbocycles. The molecule has 0 spiro atoms. The molecular weight excluding hydrogens is 324 g/mol. The number of carbonyl (C=O) groups is 1. The number of carboxylic acid groups (broad SMARTS) is 1. The third kappa shape index (κ3) is 2.45. The fraction of sp³-hybridized carbons (Fsp3) is 0.385. The lowest BCUT2D eigenvalue weighted by Crippen LogP contribution is -2.08. The smallest absolute Gasteiger partial charge is 0.335 e. The van der Waals surface area contributed by atoms with E-state index in [-0.39, 0.29) is 5.56 Å². The van der Waals surface area contributed by atoms with Crippen molar-refractivity contribution >= 4 is 21.9 Å². The summed E-state index contributed by atoms with van der Waals surface area (Å²) in [5, 5.41) is 21.0. The molecule has 1 aromatic carbocycles. The van der Waals surface area contributed by atoms with Crippen LogP contribution in [0.1, 0.15) is 47.8 Å².